The molecule has 0 amide bonds. The Kier molecular flexibility index (Phi) is 7.60. The van der Waals surface area contributed by atoms with Crippen LogP contribution in [0.5, 0.6) is 0 Å². The van der Waals surface area contributed by atoms with Crippen LogP contribution < -0.4 is 0 Å². The Hall–Kier alpha value is -7.28. The number of hydrogen-bond acceptors (Lipinski definition) is 0. The highest BCUT2D eigenvalue weighted by Gasteiger charge is 2.21. The van der Waals surface area contributed by atoms with Crippen LogP contribution in [-0.2, 0) is 0 Å². The van der Waals surface area contributed by atoms with Crippen LogP contribution >= 0.6 is 0 Å². The molecule has 0 bridgehead atoms. The summed E-state index contributed by atoms with van der Waals surface area (Å²) in [7, 11) is 0. The van der Waals surface area contributed by atoms with Crippen molar-refractivity contribution in [2.24, 2.45) is 0 Å². The number of fused-ring (bicyclic) bond motifs is 5. The molecule has 11 aromatic rings. The van der Waals surface area contributed by atoms with Gasteiger partial charge in [0.2, 0.25) is 0 Å². The van der Waals surface area contributed by atoms with E-state index in [1.165, 1.54) is 109 Å². The largest absolute Gasteiger partial charge is 0.0622 e. The third kappa shape index (κ3) is 5.15. The molecule has 260 valence electrons. The average molecular weight is 709 g/mol. The Morgan fingerprint density at radius 2 is 0.446 bits per heavy atom. The monoisotopic (exact) mass is 708 g/mol. The lowest BCUT2D eigenvalue weighted by Crippen LogP contribution is -1.93. The zero-order valence-corrected chi connectivity index (χ0v) is 30.8. The van der Waals surface area contributed by atoms with E-state index in [1.807, 2.05) is 0 Å². The molecule has 11 rings (SSSR count). The van der Waals surface area contributed by atoms with Crippen molar-refractivity contribution in [3.8, 4) is 55.6 Å². The summed E-state index contributed by atoms with van der Waals surface area (Å²) in [5.41, 5.74) is 12.5. The molecule has 0 atom stereocenters. The molecule has 0 aliphatic carbocycles. The SMILES string of the molecule is c1ccc(-c2cc3ccccc3cc2-c2c3ccccc3c(-c3ccc(-c4c5ccccc5c(-c5ccccc5)c5ccccc45)cc3)c3ccccc23)cc1. The summed E-state index contributed by atoms with van der Waals surface area (Å²) in [4.78, 5) is 0. The lowest BCUT2D eigenvalue weighted by atomic mass is 9.82. The van der Waals surface area contributed by atoms with E-state index >= 15 is 0 Å². The van der Waals surface area contributed by atoms with Crippen molar-refractivity contribution < 1.29 is 0 Å². The summed E-state index contributed by atoms with van der Waals surface area (Å²) in [6.07, 6.45) is 0. The molecule has 0 unspecified atom stereocenters. The Morgan fingerprint density at radius 1 is 0.179 bits per heavy atom. The highest BCUT2D eigenvalue weighted by molar-refractivity contribution is 6.24. The van der Waals surface area contributed by atoms with Gasteiger partial charge in [-0.3, -0.25) is 0 Å². The van der Waals surface area contributed by atoms with E-state index in [-0.39, 0.29) is 0 Å². The second kappa shape index (κ2) is 13.2. The highest BCUT2D eigenvalue weighted by atomic mass is 14.2. The molecule has 0 saturated carbocycles. The van der Waals surface area contributed by atoms with Crippen LogP contribution in [0, 0.1) is 0 Å². The van der Waals surface area contributed by atoms with Gasteiger partial charge in [-0.1, -0.05) is 206 Å². The van der Waals surface area contributed by atoms with Gasteiger partial charge in [0.05, 0.1) is 0 Å². The molecule has 56 heavy (non-hydrogen) atoms. The number of hydrogen-bond donors (Lipinski definition) is 0. The molecule has 0 aromatic heterocycles. The van der Waals surface area contributed by atoms with Crippen molar-refractivity contribution in [2.45, 2.75) is 0 Å². The third-order valence-corrected chi connectivity index (χ3v) is 11.6. The predicted molar refractivity (Wildman–Crippen MR) is 241 cm³/mol. The zero-order valence-electron chi connectivity index (χ0n) is 30.8. The summed E-state index contributed by atoms with van der Waals surface area (Å²) >= 11 is 0. The molecule has 0 N–H and O–H groups in total. The molecule has 11 aromatic carbocycles. The maximum atomic E-state index is 2.40. The van der Waals surface area contributed by atoms with E-state index in [1.54, 1.807) is 0 Å². The Bertz CT molecular complexity index is 3150. The first-order valence-electron chi connectivity index (χ1n) is 19.4. The maximum Gasteiger partial charge on any atom is -0.00199 e. The summed E-state index contributed by atoms with van der Waals surface area (Å²) in [6.45, 7) is 0. The molecule has 0 fully saturated rings. The summed E-state index contributed by atoms with van der Waals surface area (Å²) in [5, 5.41) is 12.6. The van der Waals surface area contributed by atoms with Gasteiger partial charge in [-0.2, -0.15) is 0 Å². The first kappa shape index (κ1) is 32.2. The molecular formula is C56H36. The van der Waals surface area contributed by atoms with Gasteiger partial charge in [-0.15, -0.1) is 0 Å². The molecular weight excluding hydrogens is 673 g/mol. The van der Waals surface area contributed by atoms with Crippen molar-refractivity contribution >= 4 is 53.9 Å². The number of rotatable bonds is 5. The first-order chi connectivity index (χ1) is 27.8. The van der Waals surface area contributed by atoms with Crippen molar-refractivity contribution in [1.82, 2.24) is 0 Å². The van der Waals surface area contributed by atoms with Crippen molar-refractivity contribution in [3.63, 3.8) is 0 Å². The van der Waals surface area contributed by atoms with Gasteiger partial charge >= 0.3 is 0 Å². The van der Waals surface area contributed by atoms with Gasteiger partial charge in [-0.05, 0) is 122 Å². The fraction of sp³-hybridized carbons (Fsp3) is 0. The van der Waals surface area contributed by atoms with Crippen molar-refractivity contribution in [2.75, 3.05) is 0 Å². The minimum atomic E-state index is 1.21. The fourth-order valence-corrected chi connectivity index (χ4v) is 9.19. The van der Waals surface area contributed by atoms with Crippen LogP contribution in [0.1, 0.15) is 0 Å². The van der Waals surface area contributed by atoms with Gasteiger partial charge in [0.15, 0.2) is 0 Å². The third-order valence-electron chi connectivity index (χ3n) is 11.6. The highest BCUT2D eigenvalue weighted by Crippen LogP contribution is 2.48. The van der Waals surface area contributed by atoms with Crippen LogP contribution in [0.4, 0.5) is 0 Å². The lowest BCUT2D eigenvalue weighted by Gasteiger charge is -2.21. The molecule has 0 nitrogen and oxygen atoms in total. The predicted octanol–water partition coefficient (Wildman–Crippen LogP) is 15.8. The first-order valence-corrected chi connectivity index (χ1v) is 19.4. The molecule has 0 aliphatic heterocycles. The number of benzene rings is 11. The Balaban J connectivity index is 1.14. The maximum absolute atomic E-state index is 2.40. The Morgan fingerprint density at radius 3 is 0.821 bits per heavy atom. The van der Waals surface area contributed by atoms with Crippen LogP contribution in [0.25, 0.3) is 109 Å². The van der Waals surface area contributed by atoms with E-state index in [9.17, 15) is 0 Å². The van der Waals surface area contributed by atoms with Crippen LogP contribution in [0.2, 0.25) is 0 Å². The molecule has 0 saturated heterocycles. The summed E-state index contributed by atoms with van der Waals surface area (Å²) < 4.78 is 0. The van der Waals surface area contributed by atoms with E-state index in [2.05, 4.69) is 218 Å². The van der Waals surface area contributed by atoms with Gasteiger partial charge in [-0.25, -0.2) is 0 Å². The zero-order chi connectivity index (χ0) is 37.0. The van der Waals surface area contributed by atoms with E-state index < -0.39 is 0 Å². The second-order valence-corrected chi connectivity index (χ2v) is 14.7. The van der Waals surface area contributed by atoms with Gasteiger partial charge < -0.3 is 0 Å². The molecule has 0 heterocycles. The molecule has 0 radical (unpaired) electrons. The van der Waals surface area contributed by atoms with Crippen LogP contribution in [-0.4, -0.2) is 0 Å². The topological polar surface area (TPSA) is 0 Å². The quantitative estimate of drug-likeness (QED) is 0.156. The lowest BCUT2D eigenvalue weighted by molar-refractivity contribution is 1.62. The molecule has 0 heteroatoms. The van der Waals surface area contributed by atoms with Gasteiger partial charge in [0.25, 0.3) is 0 Å². The van der Waals surface area contributed by atoms with Crippen molar-refractivity contribution in [1.29, 1.82) is 0 Å². The minimum Gasteiger partial charge on any atom is -0.0622 e. The van der Waals surface area contributed by atoms with E-state index in [0.29, 0.717) is 0 Å². The molecule has 0 aliphatic rings. The van der Waals surface area contributed by atoms with E-state index in [0.717, 1.165) is 0 Å². The standard InChI is InChI=1S/C56H36/c1-3-17-37(18-4-1)51-35-41-21-7-8-22-42(41)36-52(51)56-49-29-15-13-27-47(49)55(48-28-14-16-30-50(48)56)40-33-31-39(32-34-40)54-45-25-11-9-23-43(45)53(38-19-5-2-6-20-38)44-24-10-12-26-46(44)54/h1-36H. The summed E-state index contributed by atoms with van der Waals surface area (Å²) in [5.74, 6) is 0. The van der Waals surface area contributed by atoms with Crippen LogP contribution in [0.15, 0.2) is 218 Å². The second-order valence-electron chi connectivity index (χ2n) is 14.7. The normalized spacial score (nSPS) is 11.6. The summed E-state index contributed by atoms with van der Waals surface area (Å²) in [6, 6.07) is 80.3. The van der Waals surface area contributed by atoms with Crippen molar-refractivity contribution in [3.05, 3.63) is 218 Å². The van der Waals surface area contributed by atoms with Gasteiger partial charge in [0, 0.05) is 0 Å². The van der Waals surface area contributed by atoms with Crippen LogP contribution in [0.3, 0.4) is 0 Å². The van der Waals surface area contributed by atoms with E-state index in [4.69, 9.17) is 0 Å². The molecule has 0 spiro atoms. The van der Waals surface area contributed by atoms with Gasteiger partial charge in [0.1, 0.15) is 0 Å². The Labute approximate surface area is 326 Å². The minimum absolute atomic E-state index is 1.21. The smallest absolute Gasteiger partial charge is 0.00199 e. The average Bonchev–Trinajstić information content (AvgIpc) is 3.27. The fourth-order valence-electron chi connectivity index (χ4n) is 9.19.